The summed E-state index contributed by atoms with van der Waals surface area (Å²) in [6, 6.07) is 4.51. The number of primary amides is 1. The topological polar surface area (TPSA) is 122 Å². The van der Waals surface area contributed by atoms with Gasteiger partial charge in [-0.3, -0.25) is 19.3 Å². The lowest BCUT2D eigenvalue weighted by Gasteiger charge is -2.38. The number of likely N-dealkylation sites (tertiary alicyclic amines) is 1. The van der Waals surface area contributed by atoms with Crippen LogP contribution in [0.25, 0.3) is 0 Å². The Morgan fingerprint density at radius 1 is 1.17 bits per heavy atom. The Balaban J connectivity index is 1.70. The molecule has 1 aromatic rings. The Labute approximate surface area is 207 Å². The number of nitrogens with zero attached hydrogens (tertiary/aromatic N) is 3. The van der Waals surface area contributed by atoms with Crippen LogP contribution in [0.15, 0.2) is 18.2 Å². The van der Waals surface area contributed by atoms with Crippen molar-refractivity contribution >= 4 is 23.3 Å². The van der Waals surface area contributed by atoms with Crippen LogP contribution in [0.3, 0.4) is 0 Å². The first-order chi connectivity index (χ1) is 16.5. The minimum atomic E-state index is -0.675. The number of hydrogen-bond acceptors (Lipinski definition) is 7. The number of carbonyl (C=O) groups excluding carboxylic acids is 3. The van der Waals surface area contributed by atoms with Crippen LogP contribution in [0.4, 0.5) is 5.69 Å². The third-order valence-electron chi connectivity index (χ3n) is 7.51. The van der Waals surface area contributed by atoms with E-state index in [2.05, 4.69) is 16.7 Å². The van der Waals surface area contributed by atoms with E-state index >= 15 is 0 Å². The largest absolute Gasteiger partial charge is 0.369 e. The third kappa shape index (κ3) is 4.94. The molecule has 3 aliphatic rings. The van der Waals surface area contributed by atoms with Gasteiger partial charge in [-0.25, -0.2) is 0 Å². The van der Waals surface area contributed by atoms with Gasteiger partial charge in [-0.15, -0.1) is 0 Å². The number of amides is 2. The molecule has 0 aliphatic carbocycles. The number of rotatable bonds is 6. The Kier molecular flexibility index (Phi) is 7.22. The van der Waals surface area contributed by atoms with Crippen molar-refractivity contribution in [2.75, 3.05) is 50.8 Å². The van der Waals surface area contributed by atoms with E-state index in [-0.39, 0.29) is 24.8 Å². The van der Waals surface area contributed by atoms with Gasteiger partial charge in [0.1, 0.15) is 18.8 Å². The fourth-order valence-electron chi connectivity index (χ4n) is 5.81. The summed E-state index contributed by atoms with van der Waals surface area (Å²) >= 11 is 0. The smallest absolute Gasteiger partial charge is 0.249 e. The van der Waals surface area contributed by atoms with E-state index in [1.807, 2.05) is 32.9 Å². The van der Waals surface area contributed by atoms with Crippen LogP contribution in [0.2, 0.25) is 0 Å². The van der Waals surface area contributed by atoms with E-state index in [1.165, 1.54) is 0 Å². The summed E-state index contributed by atoms with van der Waals surface area (Å²) in [5, 5.41) is 0. The second kappa shape index (κ2) is 9.87. The molecule has 3 saturated heterocycles. The average Bonchev–Trinajstić information content (AvgIpc) is 3.34. The zero-order chi connectivity index (χ0) is 25.5. The van der Waals surface area contributed by atoms with Crippen LogP contribution >= 0.6 is 0 Å². The van der Waals surface area contributed by atoms with Crippen molar-refractivity contribution in [1.29, 1.82) is 0 Å². The normalized spacial score (nSPS) is 26.2. The molecule has 0 saturated carbocycles. The zero-order valence-corrected chi connectivity index (χ0v) is 21.3. The van der Waals surface area contributed by atoms with Gasteiger partial charge in [-0.1, -0.05) is 27.7 Å². The van der Waals surface area contributed by atoms with E-state index in [0.29, 0.717) is 11.1 Å². The molecule has 4 atom stereocenters. The number of anilines is 1. The molecule has 35 heavy (non-hydrogen) atoms. The molecule has 0 aromatic heterocycles. The van der Waals surface area contributed by atoms with Gasteiger partial charge in [-0.2, -0.15) is 0 Å². The third-order valence-corrected chi connectivity index (χ3v) is 7.51. The Hall–Kier alpha value is -2.49. The van der Waals surface area contributed by atoms with Crippen LogP contribution in [-0.2, 0) is 14.3 Å². The lowest BCUT2D eigenvalue weighted by molar-refractivity contribution is -0.139. The maximum atomic E-state index is 14.1. The highest BCUT2D eigenvalue weighted by atomic mass is 16.5. The number of piperazine rings is 1. The SMILES string of the molecule is CCCN1CCN(c2ccc(C(N)=O)c([C@@H](C(=O)N3C[C@H](N)[C@H]4OCC(=O)[C@H]43)C(C)(C)C)c2)CC1. The van der Waals surface area contributed by atoms with E-state index in [9.17, 15) is 14.4 Å². The highest BCUT2D eigenvalue weighted by Gasteiger charge is 2.53. The highest BCUT2D eigenvalue weighted by Crippen LogP contribution is 2.42. The van der Waals surface area contributed by atoms with Crippen LogP contribution in [-0.4, -0.2) is 91.5 Å². The summed E-state index contributed by atoms with van der Waals surface area (Å²) < 4.78 is 5.59. The number of ketones is 1. The number of benzene rings is 1. The second-order valence-electron chi connectivity index (χ2n) is 11.1. The first-order valence-electron chi connectivity index (χ1n) is 12.6. The summed E-state index contributed by atoms with van der Waals surface area (Å²) in [6.07, 6.45) is 0.649. The van der Waals surface area contributed by atoms with Crippen molar-refractivity contribution in [3.63, 3.8) is 0 Å². The van der Waals surface area contributed by atoms with Crippen LogP contribution < -0.4 is 16.4 Å². The van der Waals surface area contributed by atoms with E-state index < -0.39 is 35.4 Å². The molecule has 9 nitrogen and oxygen atoms in total. The van der Waals surface area contributed by atoms with Crippen molar-refractivity contribution in [2.45, 2.75) is 58.2 Å². The van der Waals surface area contributed by atoms with Gasteiger partial charge in [0, 0.05) is 44.0 Å². The molecule has 3 fully saturated rings. The van der Waals surface area contributed by atoms with Crippen molar-refractivity contribution in [1.82, 2.24) is 9.80 Å². The first kappa shape index (κ1) is 25.6. The number of carbonyl (C=O) groups is 3. The maximum absolute atomic E-state index is 14.1. The minimum absolute atomic E-state index is 0.0287. The number of fused-ring (bicyclic) bond motifs is 1. The molecule has 0 bridgehead atoms. The summed E-state index contributed by atoms with van der Waals surface area (Å²) in [6.45, 7) is 13.1. The number of hydrogen-bond donors (Lipinski definition) is 2. The number of Topliss-reactive ketones (excluding diaryl/α,β-unsaturated/α-hetero) is 1. The van der Waals surface area contributed by atoms with E-state index in [1.54, 1.807) is 11.0 Å². The van der Waals surface area contributed by atoms with Gasteiger partial charge < -0.3 is 26.0 Å². The highest BCUT2D eigenvalue weighted by molar-refractivity contribution is 5.99. The number of nitrogens with two attached hydrogens (primary N) is 2. The fourth-order valence-corrected chi connectivity index (χ4v) is 5.81. The average molecular weight is 486 g/mol. The summed E-state index contributed by atoms with van der Waals surface area (Å²) in [7, 11) is 0. The molecular weight excluding hydrogens is 446 g/mol. The maximum Gasteiger partial charge on any atom is 0.249 e. The molecule has 1 aromatic carbocycles. The lowest BCUT2D eigenvalue weighted by Crippen LogP contribution is -2.47. The van der Waals surface area contributed by atoms with Gasteiger partial charge in [-0.05, 0) is 42.1 Å². The molecular formula is C26H39N5O4. The Bertz CT molecular complexity index is 982. The summed E-state index contributed by atoms with van der Waals surface area (Å²) in [5.41, 5.74) is 13.4. The monoisotopic (exact) mass is 485 g/mol. The molecule has 0 radical (unpaired) electrons. The van der Waals surface area contributed by atoms with Crippen molar-refractivity contribution in [3.8, 4) is 0 Å². The van der Waals surface area contributed by atoms with Crippen molar-refractivity contribution in [3.05, 3.63) is 29.3 Å². The second-order valence-corrected chi connectivity index (χ2v) is 11.1. The molecule has 4 rings (SSSR count). The predicted octanol–water partition coefficient (Wildman–Crippen LogP) is 0.953. The Morgan fingerprint density at radius 2 is 1.86 bits per heavy atom. The van der Waals surface area contributed by atoms with Gasteiger partial charge >= 0.3 is 0 Å². The molecule has 3 aliphatic heterocycles. The van der Waals surface area contributed by atoms with E-state index in [0.717, 1.165) is 44.8 Å². The van der Waals surface area contributed by atoms with Crippen LogP contribution in [0, 0.1) is 5.41 Å². The van der Waals surface area contributed by atoms with E-state index in [4.69, 9.17) is 16.2 Å². The van der Waals surface area contributed by atoms with Gasteiger partial charge in [0.25, 0.3) is 0 Å². The van der Waals surface area contributed by atoms with Gasteiger partial charge in [0.15, 0.2) is 5.78 Å². The molecule has 192 valence electrons. The first-order valence-corrected chi connectivity index (χ1v) is 12.6. The fraction of sp³-hybridized carbons (Fsp3) is 0.654. The Morgan fingerprint density at radius 3 is 2.46 bits per heavy atom. The molecule has 3 heterocycles. The van der Waals surface area contributed by atoms with Gasteiger partial charge in [0.05, 0.1) is 12.0 Å². The molecule has 4 N–H and O–H groups in total. The number of ether oxygens (including phenoxy) is 1. The zero-order valence-electron chi connectivity index (χ0n) is 21.3. The van der Waals surface area contributed by atoms with Crippen molar-refractivity contribution in [2.24, 2.45) is 16.9 Å². The van der Waals surface area contributed by atoms with Crippen LogP contribution in [0.1, 0.15) is 56.0 Å². The summed E-state index contributed by atoms with van der Waals surface area (Å²) in [4.78, 5) is 45.4. The predicted molar refractivity (Wildman–Crippen MR) is 134 cm³/mol. The minimum Gasteiger partial charge on any atom is -0.369 e. The molecule has 9 heteroatoms. The van der Waals surface area contributed by atoms with Crippen molar-refractivity contribution < 1.29 is 19.1 Å². The molecule has 2 amide bonds. The lowest BCUT2D eigenvalue weighted by atomic mass is 9.73. The molecule has 0 spiro atoms. The summed E-state index contributed by atoms with van der Waals surface area (Å²) in [5.74, 6) is -1.59. The quantitative estimate of drug-likeness (QED) is 0.615. The molecule has 0 unspecified atom stereocenters. The van der Waals surface area contributed by atoms with Gasteiger partial charge in [0.2, 0.25) is 11.8 Å². The standard InChI is InChI=1S/C26H39N5O4/c1-5-8-29-9-11-30(12-10-29)16-6-7-17(24(28)33)18(13-16)21(26(2,3)4)25(34)31-14-19(27)23-22(31)20(32)15-35-23/h6-7,13,19,21-23H,5,8-12,14-15,27H2,1-4H3,(H2,28,33)/t19-,21-,22+,23+/m0/s1. The van der Waals surface area contributed by atoms with Crippen LogP contribution in [0.5, 0.6) is 0 Å².